The highest BCUT2D eigenvalue weighted by atomic mass is 35.5. The van der Waals surface area contributed by atoms with Crippen LogP contribution in [0.3, 0.4) is 0 Å². The zero-order chi connectivity index (χ0) is 17.5. The first-order chi connectivity index (χ1) is 11.5. The quantitative estimate of drug-likeness (QED) is 0.754. The summed E-state index contributed by atoms with van der Waals surface area (Å²) in [6.45, 7) is 1.19. The van der Waals surface area contributed by atoms with Gasteiger partial charge in [0.05, 0.1) is 12.3 Å². The zero-order valence-corrected chi connectivity index (χ0v) is 14.5. The summed E-state index contributed by atoms with van der Waals surface area (Å²) in [5.41, 5.74) is 1.54. The van der Waals surface area contributed by atoms with Gasteiger partial charge in [-0.2, -0.15) is 0 Å². The van der Waals surface area contributed by atoms with Crippen LogP contribution in [0.4, 0.5) is 0 Å². The second kappa shape index (κ2) is 8.65. The number of likely N-dealkylation sites (N-methyl/N-ethyl adjacent to an activating group) is 1. The molecule has 130 valence electrons. The molecule has 1 aliphatic heterocycles. The molecule has 0 bridgehead atoms. The van der Waals surface area contributed by atoms with Gasteiger partial charge in [0.2, 0.25) is 12.0 Å². The largest absolute Gasteiger partial charge is 0.382 e. The molecule has 24 heavy (non-hydrogen) atoms. The fraction of sp³-hybridized carbons (Fsp3) is 0.438. The fourth-order valence-electron chi connectivity index (χ4n) is 2.09. The Morgan fingerprint density at radius 2 is 2.00 bits per heavy atom. The van der Waals surface area contributed by atoms with E-state index in [9.17, 15) is 9.59 Å². The summed E-state index contributed by atoms with van der Waals surface area (Å²) in [5, 5.41) is 9.86. The molecule has 0 aliphatic carbocycles. The Morgan fingerprint density at radius 1 is 1.29 bits per heavy atom. The van der Waals surface area contributed by atoms with Crippen LogP contribution in [-0.4, -0.2) is 62.3 Å². The number of benzene rings is 1. The van der Waals surface area contributed by atoms with E-state index in [1.54, 1.807) is 12.1 Å². The predicted octanol–water partition coefficient (Wildman–Crippen LogP) is 0.627. The van der Waals surface area contributed by atoms with Gasteiger partial charge in [-0.3, -0.25) is 9.59 Å². The Kier molecular flexibility index (Phi) is 6.57. The Morgan fingerprint density at radius 3 is 2.67 bits per heavy atom. The van der Waals surface area contributed by atoms with Crippen molar-refractivity contribution in [3.8, 4) is 0 Å². The summed E-state index contributed by atoms with van der Waals surface area (Å²) in [4.78, 5) is 30.8. The van der Waals surface area contributed by atoms with E-state index in [1.807, 2.05) is 31.1 Å². The number of hydrogen-bond donors (Lipinski definition) is 2. The molecule has 2 amide bonds. The molecule has 0 saturated heterocycles. The molecule has 0 saturated carbocycles. The molecule has 1 aliphatic rings. The van der Waals surface area contributed by atoms with Crippen LogP contribution in [-0.2, 0) is 14.4 Å². The van der Waals surface area contributed by atoms with Crippen LogP contribution in [0.5, 0.6) is 0 Å². The number of carbonyl (C=O) groups is 2. The maximum absolute atomic E-state index is 12.0. The van der Waals surface area contributed by atoms with Crippen molar-refractivity contribution < 1.29 is 14.4 Å². The third kappa shape index (κ3) is 5.50. The fourth-order valence-corrected chi connectivity index (χ4v) is 2.22. The van der Waals surface area contributed by atoms with E-state index in [0.717, 1.165) is 12.1 Å². The second-order valence-corrected chi connectivity index (χ2v) is 6.15. The molecule has 1 heterocycles. The van der Waals surface area contributed by atoms with E-state index in [2.05, 4.69) is 15.8 Å². The van der Waals surface area contributed by atoms with Gasteiger partial charge in [-0.1, -0.05) is 28.9 Å². The van der Waals surface area contributed by atoms with Gasteiger partial charge in [0.1, 0.15) is 0 Å². The van der Waals surface area contributed by atoms with Gasteiger partial charge in [-0.25, -0.2) is 0 Å². The van der Waals surface area contributed by atoms with Gasteiger partial charge in [-0.05, 0) is 31.8 Å². The Balaban J connectivity index is 1.73. The zero-order valence-electron chi connectivity index (χ0n) is 13.7. The molecule has 0 spiro atoms. The van der Waals surface area contributed by atoms with Crippen molar-refractivity contribution >= 4 is 29.1 Å². The number of rotatable bonds is 7. The van der Waals surface area contributed by atoms with Gasteiger partial charge >= 0.3 is 0 Å². The molecular formula is C16H21ClN4O3. The van der Waals surface area contributed by atoms with Crippen molar-refractivity contribution in [2.24, 2.45) is 5.16 Å². The van der Waals surface area contributed by atoms with Crippen LogP contribution in [0.15, 0.2) is 29.4 Å². The summed E-state index contributed by atoms with van der Waals surface area (Å²) < 4.78 is 0. The SMILES string of the molecule is CN(C)CCNC(=O)CNC(=O)C1CC(c2ccc(Cl)cc2)=NO1. The molecule has 1 atom stereocenters. The number of halogens is 1. The van der Waals surface area contributed by atoms with Gasteiger partial charge in [0, 0.05) is 24.5 Å². The Bertz CT molecular complexity index is 616. The standard InChI is InChI=1S/C16H21ClN4O3/c1-21(2)8-7-18-15(22)10-19-16(23)14-9-13(20-24-14)11-3-5-12(17)6-4-11/h3-6,14H,7-10H2,1-2H3,(H,18,22)(H,19,23). The third-order valence-corrected chi connectivity index (χ3v) is 3.70. The summed E-state index contributed by atoms with van der Waals surface area (Å²) in [7, 11) is 3.84. The van der Waals surface area contributed by atoms with Gasteiger partial charge in [-0.15, -0.1) is 0 Å². The molecule has 0 fully saturated rings. The lowest BCUT2D eigenvalue weighted by molar-refractivity contribution is -0.133. The van der Waals surface area contributed by atoms with Crippen LogP contribution in [0.2, 0.25) is 5.02 Å². The Labute approximate surface area is 146 Å². The first-order valence-corrected chi connectivity index (χ1v) is 8.01. The molecule has 1 unspecified atom stereocenters. The lowest BCUT2D eigenvalue weighted by Crippen LogP contribution is -2.42. The minimum atomic E-state index is -0.717. The normalized spacial score (nSPS) is 16.5. The van der Waals surface area contributed by atoms with Crippen molar-refractivity contribution in [1.29, 1.82) is 0 Å². The van der Waals surface area contributed by atoms with Crippen LogP contribution >= 0.6 is 11.6 Å². The summed E-state index contributed by atoms with van der Waals surface area (Å²) in [6, 6.07) is 7.15. The molecule has 1 aromatic rings. The number of oxime groups is 1. The molecule has 8 heteroatoms. The maximum Gasteiger partial charge on any atom is 0.264 e. The summed E-state index contributed by atoms with van der Waals surface area (Å²) >= 11 is 5.85. The van der Waals surface area contributed by atoms with Gasteiger partial charge in [0.15, 0.2) is 0 Å². The average Bonchev–Trinajstić information content (AvgIpc) is 3.03. The molecule has 1 aromatic carbocycles. The summed E-state index contributed by atoms with van der Waals surface area (Å²) in [5.74, 6) is -0.590. The molecule has 0 aromatic heterocycles. The average molecular weight is 353 g/mol. The van der Waals surface area contributed by atoms with E-state index in [-0.39, 0.29) is 18.4 Å². The predicted molar refractivity (Wildman–Crippen MR) is 92.1 cm³/mol. The lowest BCUT2D eigenvalue weighted by Gasteiger charge is -2.12. The minimum Gasteiger partial charge on any atom is -0.382 e. The first-order valence-electron chi connectivity index (χ1n) is 7.63. The van der Waals surface area contributed by atoms with Crippen LogP contribution in [0.1, 0.15) is 12.0 Å². The van der Waals surface area contributed by atoms with Gasteiger partial charge in [0.25, 0.3) is 5.91 Å². The number of nitrogens with one attached hydrogen (secondary N) is 2. The van der Waals surface area contributed by atoms with Crippen molar-refractivity contribution in [2.75, 3.05) is 33.7 Å². The van der Waals surface area contributed by atoms with Gasteiger partial charge < -0.3 is 20.4 Å². The Hall–Kier alpha value is -2.12. The number of amides is 2. The van der Waals surface area contributed by atoms with Crippen molar-refractivity contribution in [3.63, 3.8) is 0 Å². The monoisotopic (exact) mass is 352 g/mol. The van der Waals surface area contributed by atoms with E-state index in [1.165, 1.54) is 0 Å². The number of nitrogens with zero attached hydrogens (tertiary/aromatic N) is 2. The van der Waals surface area contributed by atoms with Crippen LogP contribution in [0, 0.1) is 0 Å². The first kappa shape index (κ1) is 18.2. The molecule has 2 rings (SSSR count). The van der Waals surface area contributed by atoms with Crippen LogP contribution in [0.25, 0.3) is 0 Å². The lowest BCUT2D eigenvalue weighted by atomic mass is 10.0. The molecule has 7 nitrogen and oxygen atoms in total. The number of hydrogen-bond acceptors (Lipinski definition) is 5. The molecular weight excluding hydrogens is 332 g/mol. The third-order valence-electron chi connectivity index (χ3n) is 3.44. The summed E-state index contributed by atoms with van der Waals surface area (Å²) in [6.07, 6.45) is -0.360. The van der Waals surface area contributed by atoms with Crippen LogP contribution < -0.4 is 10.6 Å². The van der Waals surface area contributed by atoms with E-state index < -0.39 is 6.10 Å². The number of carbonyl (C=O) groups excluding carboxylic acids is 2. The van der Waals surface area contributed by atoms with E-state index in [4.69, 9.17) is 16.4 Å². The second-order valence-electron chi connectivity index (χ2n) is 5.71. The minimum absolute atomic E-state index is 0.0810. The highest BCUT2D eigenvalue weighted by Gasteiger charge is 2.28. The van der Waals surface area contributed by atoms with Crippen molar-refractivity contribution in [2.45, 2.75) is 12.5 Å². The molecule has 0 radical (unpaired) electrons. The van der Waals surface area contributed by atoms with E-state index >= 15 is 0 Å². The van der Waals surface area contributed by atoms with Crippen molar-refractivity contribution in [3.05, 3.63) is 34.9 Å². The highest BCUT2D eigenvalue weighted by molar-refractivity contribution is 6.30. The topological polar surface area (TPSA) is 83.0 Å². The highest BCUT2D eigenvalue weighted by Crippen LogP contribution is 2.18. The maximum atomic E-state index is 12.0. The van der Waals surface area contributed by atoms with E-state index in [0.29, 0.717) is 23.7 Å². The van der Waals surface area contributed by atoms with Crippen molar-refractivity contribution in [1.82, 2.24) is 15.5 Å². The molecule has 2 N–H and O–H groups in total. The smallest absolute Gasteiger partial charge is 0.264 e.